The van der Waals surface area contributed by atoms with E-state index in [1.807, 2.05) is 35.4 Å². The first-order valence-corrected chi connectivity index (χ1v) is 10.6. The lowest BCUT2D eigenvalue weighted by molar-refractivity contribution is 0.0675. The maximum Gasteiger partial charge on any atom is 0.254 e. The number of anilines is 1. The summed E-state index contributed by atoms with van der Waals surface area (Å²) in [5.74, 6) is 1.17. The van der Waals surface area contributed by atoms with Crippen LogP contribution in [0.1, 0.15) is 34.5 Å². The summed E-state index contributed by atoms with van der Waals surface area (Å²) in [5.41, 5.74) is 4.09. The Labute approximate surface area is 186 Å². The molecule has 32 heavy (non-hydrogen) atoms. The summed E-state index contributed by atoms with van der Waals surface area (Å²) in [6.45, 7) is 1.25. The second-order valence-electron chi connectivity index (χ2n) is 8.21. The molecule has 2 aliphatic rings. The monoisotopic (exact) mass is 428 g/mol. The average Bonchev–Trinajstić information content (AvgIpc) is 3.35. The van der Waals surface area contributed by atoms with Crippen molar-refractivity contribution in [3.05, 3.63) is 71.5 Å². The van der Waals surface area contributed by atoms with Crippen LogP contribution < -0.4 is 14.8 Å². The molecule has 0 saturated carbocycles. The number of fused-ring (bicyclic) bond motifs is 4. The van der Waals surface area contributed by atoms with E-state index in [0.717, 1.165) is 29.9 Å². The second kappa shape index (κ2) is 7.65. The van der Waals surface area contributed by atoms with Gasteiger partial charge >= 0.3 is 0 Å². The van der Waals surface area contributed by atoms with Crippen molar-refractivity contribution in [1.82, 2.24) is 9.47 Å². The molecule has 0 aliphatic carbocycles. The number of carbonyl (C=O) groups is 1. The SMILES string of the molecule is COc1cc(OC)cc(C(=O)N2CCC3(CC2)Nc2ccc(C#N)cc2-n2cccc23)c1. The lowest BCUT2D eigenvalue weighted by Crippen LogP contribution is -2.51. The van der Waals surface area contributed by atoms with E-state index < -0.39 is 0 Å². The highest BCUT2D eigenvalue weighted by molar-refractivity contribution is 5.95. The van der Waals surface area contributed by atoms with Crippen molar-refractivity contribution in [2.75, 3.05) is 32.6 Å². The zero-order valence-corrected chi connectivity index (χ0v) is 18.1. The molecular weight excluding hydrogens is 404 g/mol. The largest absolute Gasteiger partial charge is 0.497 e. The van der Waals surface area contributed by atoms with Gasteiger partial charge in [0.05, 0.1) is 42.8 Å². The van der Waals surface area contributed by atoms with Crippen LogP contribution in [0.5, 0.6) is 11.5 Å². The molecule has 0 atom stereocenters. The number of nitrogens with one attached hydrogen (secondary N) is 1. The van der Waals surface area contributed by atoms with Crippen molar-refractivity contribution in [1.29, 1.82) is 5.26 Å². The summed E-state index contributed by atoms with van der Waals surface area (Å²) < 4.78 is 12.8. The molecule has 162 valence electrons. The molecule has 7 heteroatoms. The first kappa shape index (κ1) is 20.0. The van der Waals surface area contributed by atoms with Gasteiger partial charge in [-0.15, -0.1) is 0 Å². The summed E-state index contributed by atoms with van der Waals surface area (Å²) in [6.07, 6.45) is 3.60. The van der Waals surface area contributed by atoms with Crippen LogP contribution in [-0.4, -0.2) is 42.7 Å². The van der Waals surface area contributed by atoms with Gasteiger partial charge in [0.1, 0.15) is 11.5 Å². The lowest BCUT2D eigenvalue weighted by Gasteiger charge is -2.46. The highest BCUT2D eigenvalue weighted by atomic mass is 16.5. The van der Waals surface area contributed by atoms with Crippen LogP contribution in [0.2, 0.25) is 0 Å². The van der Waals surface area contributed by atoms with Crippen LogP contribution in [0, 0.1) is 11.3 Å². The summed E-state index contributed by atoms with van der Waals surface area (Å²) in [4.78, 5) is 15.1. The van der Waals surface area contributed by atoms with E-state index in [4.69, 9.17) is 9.47 Å². The third-order valence-corrected chi connectivity index (χ3v) is 6.50. The van der Waals surface area contributed by atoms with Crippen LogP contribution in [0.3, 0.4) is 0 Å². The number of amides is 1. The van der Waals surface area contributed by atoms with Crippen molar-refractivity contribution in [2.24, 2.45) is 0 Å². The van der Waals surface area contributed by atoms with Crippen LogP contribution in [0.25, 0.3) is 5.69 Å². The molecule has 1 amide bonds. The molecule has 5 rings (SSSR count). The van der Waals surface area contributed by atoms with Crippen LogP contribution in [0.15, 0.2) is 54.7 Å². The lowest BCUT2D eigenvalue weighted by atomic mass is 9.82. The standard InChI is InChI=1S/C25H24N4O3/c1-31-19-13-18(14-20(15-19)32-2)24(30)28-10-7-25(8-11-28)23-4-3-9-29(23)22-12-17(16-26)5-6-21(22)27-25/h3-6,9,12-15,27H,7-8,10-11H2,1-2H3. The average molecular weight is 428 g/mol. The molecule has 0 radical (unpaired) electrons. The third-order valence-electron chi connectivity index (χ3n) is 6.50. The van der Waals surface area contributed by atoms with Gasteiger partial charge < -0.3 is 24.3 Å². The number of nitriles is 1. The Hall–Kier alpha value is -3.92. The molecule has 1 aromatic heterocycles. The van der Waals surface area contributed by atoms with Crippen molar-refractivity contribution in [3.63, 3.8) is 0 Å². The number of likely N-dealkylation sites (tertiary alicyclic amines) is 1. The molecule has 1 fully saturated rings. The third kappa shape index (κ3) is 3.16. The number of methoxy groups -OCH3 is 2. The smallest absolute Gasteiger partial charge is 0.254 e. The number of benzene rings is 2. The quantitative estimate of drug-likeness (QED) is 0.684. The van der Waals surface area contributed by atoms with Gasteiger partial charge in [-0.1, -0.05) is 0 Å². The molecule has 0 bridgehead atoms. The Kier molecular flexibility index (Phi) is 4.78. The molecule has 2 aliphatic heterocycles. The van der Waals surface area contributed by atoms with Crippen molar-refractivity contribution < 1.29 is 14.3 Å². The first-order chi connectivity index (χ1) is 15.6. The molecule has 0 unspecified atom stereocenters. The van der Waals surface area contributed by atoms with E-state index in [9.17, 15) is 10.1 Å². The van der Waals surface area contributed by atoms with Crippen molar-refractivity contribution >= 4 is 11.6 Å². The summed E-state index contributed by atoms with van der Waals surface area (Å²) in [7, 11) is 3.16. The van der Waals surface area contributed by atoms with Crippen molar-refractivity contribution in [3.8, 4) is 23.3 Å². The number of ether oxygens (including phenoxy) is 2. The summed E-state index contributed by atoms with van der Waals surface area (Å²) >= 11 is 0. The minimum atomic E-state index is -0.256. The number of nitrogens with zero attached hydrogens (tertiary/aromatic N) is 3. The molecule has 3 aromatic rings. The van der Waals surface area contributed by atoms with E-state index in [2.05, 4.69) is 22.0 Å². The summed E-state index contributed by atoms with van der Waals surface area (Å²) in [6, 6.07) is 17.4. The Balaban J connectivity index is 1.40. The van der Waals surface area contributed by atoms with E-state index in [1.165, 1.54) is 0 Å². The molecule has 1 N–H and O–H groups in total. The van der Waals surface area contributed by atoms with E-state index in [1.54, 1.807) is 32.4 Å². The maximum atomic E-state index is 13.2. The number of hydrogen-bond donors (Lipinski definition) is 1. The fourth-order valence-corrected chi connectivity index (χ4v) is 4.80. The molecule has 2 aromatic carbocycles. The number of rotatable bonds is 3. The minimum Gasteiger partial charge on any atom is -0.497 e. The zero-order chi connectivity index (χ0) is 22.3. The van der Waals surface area contributed by atoms with E-state index in [0.29, 0.717) is 35.7 Å². The molecule has 1 spiro atoms. The predicted octanol–water partition coefficient (Wildman–Crippen LogP) is 3.92. The van der Waals surface area contributed by atoms with E-state index in [-0.39, 0.29) is 11.4 Å². The Morgan fingerprint density at radius 3 is 2.44 bits per heavy atom. The Morgan fingerprint density at radius 1 is 1.06 bits per heavy atom. The van der Waals surface area contributed by atoms with Gasteiger partial charge in [0.15, 0.2) is 0 Å². The van der Waals surface area contributed by atoms with Crippen molar-refractivity contribution in [2.45, 2.75) is 18.4 Å². The number of hydrogen-bond acceptors (Lipinski definition) is 5. The topological polar surface area (TPSA) is 79.5 Å². The van der Waals surface area contributed by atoms with Crippen LogP contribution in [0.4, 0.5) is 5.69 Å². The first-order valence-electron chi connectivity index (χ1n) is 10.6. The fourth-order valence-electron chi connectivity index (χ4n) is 4.80. The van der Waals surface area contributed by atoms with Gasteiger partial charge in [-0.2, -0.15) is 5.26 Å². The van der Waals surface area contributed by atoms with Crippen LogP contribution in [-0.2, 0) is 5.54 Å². The maximum absolute atomic E-state index is 13.2. The Bertz CT molecular complexity index is 1210. The minimum absolute atomic E-state index is 0.0256. The van der Waals surface area contributed by atoms with Gasteiger partial charge in [0.2, 0.25) is 0 Å². The fraction of sp³-hybridized carbons (Fsp3) is 0.280. The van der Waals surface area contributed by atoms with Gasteiger partial charge in [-0.05, 0) is 55.3 Å². The Morgan fingerprint density at radius 2 is 1.78 bits per heavy atom. The molecule has 7 nitrogen and oxygen atoms in total. The predicted molar refractivity (Wildman–Crippen MR) is 120 cm³/mol. The van der Waals surface area contributed by atoms with Gasteiger partial charge in [-0.3, -0.25) is 4.79 Å². The zero-order valence-electron chi connectivity index (χ0n) is 18.1. The highest BCUT2D eigenvalue weighted by Gasteiger charge is 2.42. The molecule has 3 heterocycles. The van der Waals surface area contributed by atoms with Gasteiger partial charge in [0.25, 0.3) is 5.91 Å². The van der Waals surface area contributed by atoms with E-state index >= 15 is 0 Å². The van der Waals surface area contributed by atoms with Gasteiger partial charge in [-0.25, -0.2) is 0 Å². The highest BCUT2D eigenvalue weighted by Crippen LogP contribution is 2.43. The molecule has 1 saturated heterocycles. The number of piperidine rings is 1. The number of aromatic nitrogens is 1. The van der Waals surface area contributed by atoms with Gasteiger partial charge in [0, 0.05) is 36.6 Å². The second-order valence-corrected chi connectivity index (χ2v) is 8.21. The number of carbonyl (C=O) groups excluding carboxylic acids is 1. The normalized spacial score (nSPS) is 15.8. The molecular formula is C25H24N4O3. The van der Waals surface area contributed by atoms with Crippen LogP contribution >= 0.6 is 0 Å². The summed E-state index contributed by atoms with van der Waals surface area (Å²) in [5, 5.41) is 13.0.